The molecule has 9 rings (SSSR count). The fourth-order valence-corrected chi connectivity index (χ4v) is 14.0. The fourth-order valence-electron chi connectivity index (χ4n) is 14.0. The van der Waals surface area contributed by atoms with Crippen LogP contribution in [0, 0.1) is 57.7 Å². The lowest BCUT2D eigenvalue weighted by atomic mass is 9.47. The van der Waals surface area contributed by atoms with Gasteiger partial charge in [0.2, 0.25) is 0 Å². The monoisotopic (exact) mass is 934 g/mol. The van der Waals surface area contributed by atoms with E-state index in [1.165, 1.54) is 51.4 Å². The molecule has 0 N–H and O–H groups in total. The van der Waals surface area contributed by atoms with E-state index in [0.29, 0.717) is 30.8 Å². The minimum atomic E-state index is -0.776. The predicted molar refractivity (Wildman–Crippen MR) is 272 cm³/mol. The van der Waals surface area contributed by atoms with Gasteiger partial charge in [0.15, 0.2) is 6.29 Å². The Labute approximate surface area is 414 Å². The van der Waals surface area contributed by atoms with E-state index in [-0.39, 0.29) is 24.7 Å². The Balaban J connectivity index is 0.980. The summed E-state index contributed by atoms with van der Waals surface area (Å²) < 4.78 is 42.0. The molecule has 1 heterocycles. The van der Waals surface area contributed by atoms with Crippen molar-refractivity contribution in [2.24, 2.45) is 46.3 Å². The lowest BCUT2D eigenvalue weighted by molar-refractivity contribution is -0.337. The molecule has 0 radical (unpaired) electrons. The molecule has 368 valence electrons. The maximum Gasteiger partial charge on any atom is 0.187 e. The first kappa shape index (κ1) is 49.8. The van der Waals surface area contributed by atoms with Gasteiger partial charge in [-0.3, -0.25) is 0 Å². The molecule has 13 atom stereocenters. The van der Waals surface area contributed by atoms with Crippen LogP contribution in [0.15, 0.2) is 127 Å². The largest absolute Gasteiger partial charge is 0.374 e. The van der Waals surface area contributed by atoms with Gasteiger partial charge in [-0.05, 0) is 126 Å². The number of ether oxygens (including phenoxy) is 6. The lowest BCUT2D eigenvalue weighted by Gasteiger charge is -2.58. The van der Waals surface area contributed by atoms with Gasteiger partial charge in [0.25, 0.3) is 0 Å². The van der Waals surface area contributed by atoms with E-state index in [1.807, 2.05) is 78.9 Å². The molecular formula is C62H79NO6. The van der Waals surface area contributed by atoms with Crippen LogP contribution in [0.2, 0.25) is 0 Å². The number of benzene rings is 4. The van der Waals surface area contributed by atoms with Crippen LogP contribution in [0.3, 0.4) is 0 Å². The normalized spacial score (nSPS) is 32.3. The average Bonchev–Trinajstić information content (AvgIpc) is 3.73. The molecule has 0 spiro atoms. The van der Waals surface area contributed by atoms with E-state index in [1.54, 1.807) is 5.57 Å². The summed E-state index contributed by atoms with van der Waals surface area (Å²) in [6, 6.07) is 40.8. The zero-order valence-corrected chi connectivity index (χ0v) is 42.2. The zero-order valence-electron chi connectivity index (χ0n) is 42.2. The highest BCUT2D eigenvalue weighted by molar-refractivity contribution is 5.37. The van der Waals surface area contributed by atoms with Crippen molar-refractivity contribution in [3.05, 3.63) is 155 Å². The predicted octanol–water partition coefficient (Wildman–Crippen LogP) is 14.0. The molecule has 1 saturated heterocycles. The molecule has 0 amide bonds. The van der Waals surface area contributed by atoms with Gasteiger partial charge in [0.05, 0.1) is 50.8 Å². The molecule has 4 aliphatic carbocycles. The van der Waals surface area contributed by atoms with Crippen LogP contribution in [0.5, 0.6) is 0 Å². The maximum atomic E-state index is 10.1. The summed E-state index contributed by atoms with van der Waals surface area (Å²) in [7, 11) is 0. The molecule has 1 aliphatic heterocycles. The molecule has 7 heteroatoms. The van der Waals surface area contributed by atoms with Gasteiger partial charge in [0, 0.05) is 0 Å². The van der Waals surface area contributed by atoms with Crippen molar-refractivity contribution in [2.75, 3.05) is 6.61 Å². The van der Waals surface area contributed by atoms with Gasteiger partial charge < -0.3 is 28.4 Å². The third kappa shape index (κ3) is 11.5. The SMILES string of the molecule is CC(C)CCC[C@@H](C)[C@H]1CC[C@H]2[C@@H]3CC=C4C[C@@H](O[C@@H]5O[C@H](COCc6ccccc6)[C@@H](OCc6ccccc6)[C@H](OCc6ccccc6)[C@H]5OCc5ccccc5C#N)CC[C@]4(C)[C@H]3CC[C@]12C. The quantitative estimate of drug-likeness (QED) is 0.0817. The number of rotatable bonds is 20. The van der Waals surface area contributed by atoms with Gasteiger partial charge in [-0.2, -0.15) is 5.26 Å². The molecule has 0 unspecified atom stereocenters. The second kappa shape index (κ2) is 23.0. The Bertz CT molecular complexity index is 2300. The van der Waals surface area contributed by atoms with Crippen molar-refractivity contribution in [1.82, 2.24) is 0 Å². The van der Waals surface area contributed by atoms with Gasteiger partial charge >= 0.3 is 0 Å². The summed E-state index contributed by atoms with van der Waals surface area (Å²) in [6.45, 7) is 14.2. The van der Waals surface area contributed by atoms with E-state index in [2.05, 4.69) is 83.2 Å². The Morgan fingerprint density at radius 2 is 1.30 bits per heavy atom. The first-order valence-corrected chi connectivity index (χ1v) is 26.7. The van der Waals surface area contributed by atoms with Crippen LogP contribution in [-0.2, 0) is 54.8 Å². The van der Waals surface area contributed by atoms with E-state index in [0.717, 1.165) is 77.0 Å². The highest BCUT2D eigenvalue weighted by atomic mass is 16.7. The Hall–Kier alpha value is -4.13. The highest BCUT2D eigenvalue weighted by Crippen LogP contribution is 2.67. The summed E-state index contributed by atoms with van der Waals surface area (Å²) in [4.78, 5) is 0. The van der Waals surface area contributed by atoms with Crippen LogP contribution in [0.25, 0.3) is 0 Å². The standard InChI is InChI=1S/C62H79NO6/c1-43(2)18-17-19-44(3)53-30-31-54-52-29-28-50-36-51(32-34-61(50,4)55(52)33-35-62(53,54)5)68-60-59(67-41-49-27-16-15-26-48(49)37-63)58(66-40-47-24-13-8-14-25-47)57(65-39-46-22-11-7-12-23-46)56(69-60)42-64-38-45-20-9-6-10-21-45/h6-16,20-28,43-44,51-60H,17-19,29-36,38-42H2,1-5H3/t44-,51+,52+,53-,54+,55+,56-,57-,58+,59-,60-,61+,62-/m1/s1. The molecule has 0 bridgehead atoms. The zero-order chi connectivity index (χ0) is 47.8. The molecule has 4 fully saturated rings. The summed E-state index contributed by atoms with van der Waals surface area (Å²) >= 11 is 0. The molecule has 4 aromatic rings. The van der Waals surface area contributed by atoms with E-state index in [9.17, 15) is 5.26 Å². The highest BCUT2D eigenvalue weighted by Gasteiger charge is 2.59. The topological polar surface area (TPSA) is 79.2 Å². The number of hydrogen-bond donors (Lipinski definition) is 0. The summed E-state index contributed by atoms with van der Waals surface area (Å²) in [6.07, 6.45) is 13.2. The third-order valence-electron chi connectivity index (χ3n) is 17.7. The van der Waals surface area contributed by atoms with Crippen LogP contribution >= 0.6 is 0 Å². The first-order chi connectivity index (χ1) is 33.6. The number of hydrogen-bond acceptors (Lipinski definition) is 7. The summed E-state index contributed by atoms with van der Waals surface area (Å²) in [5.41, 5.74) is 6.81. The van der Waals surface area contributed by atoms with E-state index >= 15 is 0 Å². The van der Waals surface area contributed by atoms with Crippen molar-refractivity contribution in [3.8, 4) is 6.07 Å². The Morgan fingerprint density at radius 3 is 1.99 bits per heavy atom. The van der Waals surface area contributed by atoms with E-state index in [4.69, 9.17) is 28.4 Å². The fraction of sp³-hybridized carbons (Fsp3) is 0.565. The number of nitrogens with zero attached hydrogens (tertiary/aromatic N) is 1. The number of nitriles is 1. The second-order valence-corrected chi connectivity index (χ2v) is 22.4. The van der Waals surface area contributed by atoms with Crippen molar-refractivity contribution in [3.63, 3.8) is 0 Å². The van der Waals surface area contributed by atoms with Gasteiger partial charge in [0.1, 0.15) is 24.4 Å². The van der Waals surface area contributed by atoms with E-state index < -0.39 is 30.7 Å². The molecule has 69 heavy (non-hydrogen) atoms. The van der Waals surface area contributed by atoms with Crippen molar-refractivity contribution < 1.29 is 28.4 Å². The van der Waals surface area contributed by atoms with Crippen molar-refractivity contribution >= 4 is 0 Å². The number of allylic oxidation sites excluding steroid dienone is 1. The van der Waals surface area contributed by atoms with Crippen molar-refractivity contribution in [2.45, 2.75) is 168 Å². The van der Waals surface area contributed by atoms with Gasteiger partial charge in [-0.25, -0.2) is 0 Å². The Morgan fingerprint density at radius 1 is 0.667 bits per heavy atom. The van der Waals surface area contributed by atoms with Crippen LogP contribution in [0.1, 0.15) is 133 Å². The van der Waals surface area contributed by atoms with Crippen molar-refractivity contribution in [1.29, 1.82) is 5.26 Å². The summed E-state index contributed by atoms with van der Waals surface area (Å²) in [5.74, 6) is 4.77. The average molecular weight is 934 g/mol. The molecular weight excluding hydrogens is 855 g/mol. The minimum absolute atomic E-state index is 0.0535. The van der Waals surface area contributed by atoms with Crippen LogP contribution in [-0.4, -0.2) is 43.4 Å². The first-order valence-electron chi connectivity index (χ1n) is 26.7. The Kier molecular flexibility index (Phi) is 16.6. The number of fused-ring (bicyclic) bond motifs is 5. The summed E-state index contributed by atoms with van der Waals surface area (Å²) in [5, 5.41) is 10.1. The molecule has 0 aromatic heterocycles. The van der Waals surface area contributed by atoms with Gasteiger partial charge in [-0.1, -0.05) is 175 Å². The molecule has 7 nitrogen and oxygen atoms in total. The third-order valence-corrected chi connectivity index (χ3v) is 17.7. The minimum Gasteiger partial charge on any atom is -0.374 e. The smallest absolute Gasteiger partial charge is 0.187 e. The molecule has 4 aromatic carbocycles. The van der Waals surface area contributed by atoms with Crippen LogP contribution in [0.4, 0.5) is 0 Å². The maximum absolute atomic E-state index is 10.1. The second-order valence-electron chi connectivity index (χ2n) is 22.4. The molecule has 5 aliphatic rings. The van der Waals surface area contributed by atoms with Crippen LogP contribution < -0.4 is 0 Å². The molecule has 3 saturated carbocycles. The van der Waals surface area contributed by atoms with Gasteiger partial charge in [-0.15, -0.1) is 0 Å². The lowest BCUT2D eigenvalue weighted by Crippen LogP contribution is -2.62.